The fourth-order valence-corrected chi connectivity index (χ4v) is 9.05. The molecule has 2 unspecified atom stereocenters. The molecule has 1 amide bonds. The minimum Gasteiger partial charge on any atom is -0.466 e. The molecule has 0 fully saturated rings. The normalized spacial score (nSPS) is 12.5. The van der Waals surface area contributed by atoms with Gasteiger partial charge < -0.3 is 20.3 Å². The topological polar surface area (TPSA) is 95.9 Å². The van der Waals surface area contributed by atoms with Crippen LogP contribution < -0.4 is 5.32 Å². The highest BCUT2D eigenvalue weighted by atomic mass is 16.5. The van der Waals surface area contributed by atoms with Gasteiger partial charge in [0.15, 0.2) is 0 Å². The molecule has 2 atom stereocenters. The summed E-state index contributed by atoms with van der Waals surface area (Å²) in [5.74, 6) is -0.0603. The van der Waals surface area contributed by atoms with Crippen molar-refractivity contribution < 1.29 is 24.5 Å². The van der Waals surface area contributed by atoms with Crippen LogP contribution in [0.3, 0.4) is 0 Å². The van der Waals surface area contributed by atoms with E-state index in [9.17, 15) is 19.8 Å². The maximum absolute atomic E-state index is 12.5. The average molecular weight is 879 g/mol. The maximum Gasteiger partial charge on any atom is 0.305 e. The Kier molecular flexibility index (Phi) is 51.5. The molecule has 0 radical (unpaired) electrons. The fraction of sp³-hybridized carbons (Fsp3) is 0.964. The van der Waals surface area contributed by atoms with Gasteiger partial charge in [0.2, 0.25) is 5.91 Å². The van der Waals surface area contributed by atoms with Gasteiger partial charge in [0.05, 0.1) is 25.4 Å². The van der Waals surface area contributed by atoms with Crippen LogP contribution in [0.1, 0.15) is 322 Å². The zero-order valence-electron chi connectivity index (χ0n) is 42.1. The van der Waals surface area contributed by atoms with Gasteiger partial charge in [0.1, 0.15) is 0 Å². The number of ether oxygens (including phenoxy) is 1. The standard InChI is InChI=1S/C56H111NO5/c1-3-5-7-9-11-13-15-17-18-19-20-21-22-23-24-26-28-32-36-40-44-48-54(59)53(52-58)57-55(60)49-45-41-37-33-29-27-31-35-39-43-47-51-62-56(61)50-46-42-38-34-30-25-16-14-12-10-8-6-4-2/h53-54,58-59H,3-52H2,1-2H3,(H,57,60). The largest absolute Gasteiger partial charge is 0.466 e. The summed E-state index contributed by atoms with van der Waals surface area (Å²) < 4.78 is 5.46. The van der Waals surface area contributed by atoms with Gasteiger partial charge in [-0.3, -0.25) is 9.59 Å². The smallest absolute Gasteiger partial charge is 0.305 e. The van der Waals surface area contributed by atoms with E-state index in [0.29, 0.717) is 25.9 Å². The number of amides is 1. The lowest BCUT2D eigenvalue weighted by Gasteiger charge is -2.22. The Bertz CT molecular complexity index is 882. The molecular weight excluding hydrogens is 767 g/mol. The molecular formula is C56H111NO5. The summed E-state index contributed by atoms with van der Waals surface area (Å²) in [6.45, 7) is 4.94. The highest BCUT2D eigenvalue weighted by molar-refractivity contribution is 5.76. The summed E-state index contributed by atoms with van der Waals surface area (Å²) in [6.07, 6.45) is 59.4. The SMILES string of the molecule is CCCCCCCCCCCCCCCCCCCCCCCC(O)C(CO)NC(=O)CCCCCCCCCCCCCOC(=O)CCCCCCCCCCCCCCC. The van der Waals surface area contributed by atoms with E-state index in [1.54, 1.807) is 0 Å². The number of carbonyl (C=O) groups excluding carboxylic acids is 2. The molecule has 0 spiro atoms. The third-order valence-corrected chi connectivity index (χ3v) is 13.4. The lowest BCUT2D eigenvalue weighted by molar-refractivity contribution is -0.143. The van der Waals surface area contributed by atoms with E-state index >= 15 is 0 Å². The van der Waals surface area contributed by atoms with Crippen molar-refractivity contribution in [2.24, 2.45) is 0 Å². The molecule has 0 heterocycles. The minimum atomic E-state index is -0.675. The molecule has 0 aliphatic rings. The molecule has 3 N–H and O–H groups in total. The van der Waals surface area contributed by atoms with Gasteiger partial charge in [-0.15, -0.1) is 0 Å². The summed E-state index contributed by atoms with van der Waals surface area (Å²) in [4.78, 5) is 24.5. The maximum atomic E-state index is 12.5. The molecule has 0 saturated heterocycles. The fourth-order valence-electron chi connectivity index (χ4n) is 9.05. The van der Waals surface area contributed by atoms with Crippen molar-refractivity contribution >= 4 is 11.9 Å². The van der Waals surface area contributed by atoms with Crippen molar-refractivity contribution in [2.75, 3.05) is 13.2 Å². The minimum absolute atomic E-state index is 0.0107. The predicted molar refractivity (Wildman–Crippen MR) is 269 cm³/mol. The molecule has 0 bridgehead atoms. The third-order valence-electron chi connectivity index (χ3n) is 13.4. The van der Waals surface area contributed by atoms with Crippen LogP contribution in [-0.4, -0.2) is 47.4 Å². The molecule has 370 valence electrons. The molecule has 0 aliphatic carbocycles. The lowest BCUT2D eigenvalue weighted by Crippen LogP contribution is -2.45. The van der Waals surface area contributed by atoms with E-state index < -0.39 is 12.1 Å². The first kappa shape index (κ1) is 60.9. The van der Waals surface area contributed by atoms with Gasteiger partial charge in [-0.1, -0.05) is 284 Å². The van der Waals surface area contributed by atoms with Crippen LogP contribution in [0.25, 0.3) is 0 Å². The Balaban J connectivity index is 3.45. The highest BCUT2D eigenvalue weighted by Crippen LogP contribution is 2.18. The van der Waals surface area contributed by atoms with Gasteiger partial charge in [-0.2, -0.15) is 0 Å². The number of aliphatic hydroxyl groups is 2. The second kappa shape index (κ2) is 52.5. The third kappa shape index (κ3) is 48.3. The number of nitrogens with one attached hydrogen (secondary N) is 1. The first-order chi connectivity index (χ1) is 30.5. The van der Waals surface area contributed by atoms with Crippen molar-refractivity contribution in [3.05, 3.63) is 0 Å². The summed E-state index contributed by atoms with van der Waals surface area (Å²) in [7, 11) is 0. The molecule has 0 rings (SSSR count). The van der Waals surface area contributed by atoms with Crippen LogP contribution in [0, 0.1) is 0 Å². The number of hydrogen-bond donors (Lipinski definition) is 3. The molecule has 6 nitrogen and oxygen atoms in total. The molecule has 62 heavy (non-hydrogen) atoms. The van der Waals surface area contributed by atoms with Crippen LogP contribution in [0.15, 0.2) is 0 Å². The molecule has 0 aromatic heterocycles. The van der Waals surface area contributed by atoms with E-state index in [-0.39, 0.29) is 18.5 Å². The van der Waals surface area contributed by atoms with E-state index in [0.717, 1.165) is 57.8 Å². The lowest BCUT2D eigenvalue weighted by atomic mass is 10.0. The summed E-state index contributed by atoms with van der Waals surface area (Å²) in [6, 6.07) is -0.554. The monoisotopic (exact) mass is 878 g/mol. The van der Waals surface area contributed by atoms with Gasteiger partial charge in [-0.05, 0) is 25.7 Å². The molecule has 0 saturated carbocycles. The predicted octanol–water partition coefficient (Wildman–Crippen LogP) is 17.1. The van der Waals surface area contributed by atoms with Crippen molar-refractivity contribution in [2.45, 2.75) is 334 Å². The number of hydrogen-bond acceptors (Lipinski definition) is 5. The van der Waals surface area contributed by atoms with Gasteiger partial charge in [0, 0.05) is 12.8 Å². The first-order valence-corrected chi connectivity index (χ1v) is 28.3. The van der Waals surface area contributed by atoms with Gasteiger partial charge in [-0.25, -0.2) is 0 Å². The van der Waals surface area contributed by atoms with Crippen molar-refractivity contribution in [3.63, 3.8) is 0 Å². The number of aliphatic hydroxyl groups excluding tert-OH is 2. The first-order valence-electron chi connectivity index (χ1n) is 28.3. The van der Waals surface area contributed by atoms with E-state index in [1.165, 1.54) is 231 Å². The second-order valence-corrected chi connectivity index (χ2v) is 19.6. The van der Waals surface area contributed by atoms with Gasteiger partial charge >= 0.3 is 5.97 Å². The summed E-state index contributed by atoms with van der Waals surface area (Å²) in [5, 5.41) is 23.3. The van der Waals surface area contributed by atoms with E-state index in [2.05, 4.69) is 19.2 Å². The van der Waals surface area contributed by atoms with Crippen molar-refractivity contribution in [1.29, 1.82) is 0 Å². The van der Waals surface area contributed by atoms with E-state index in [4.69, 9.17) is 4.74 Å². The van der Waals surface area contributed by atoms with Crippen LogP contribution in [0.4, 0.5) is 0 Å². The van der Waals surface area contributed by atoms with Crippen molar-refractivity contribution in [1.82, 2.24) is 5.32 Å². The van der Waals surface area contributed by atoms with Gasteiger partial charge in [0.25, 0.3) is 0 Å². The Hall–Kier alpha value is -1.14. The Morgan fingerprint density at radius 2 is 0.661 bits per heavy atom. The van der Waals surface area contributed by atoms with Crippen LogP contribution in [-0.2, 0) is 14.3 Å². The number of unbranched alkanes of at least 4 members (excludes halogenated alkanes) is 42. The number of rotatable bonds is 53. The quantitative estimate of drug-likeness (QED) is 0.0418. The second-order valence-electron chi connectivity index (χ2n) is 19.6. The van der Waals surface area contributed by atoms with E-state index in [1.807, 2.05) is 0 Å². The number of esters is 1. The zero-order chi connectivity index (χ0) is 45.1. The summed E-state index contributed by atoms with van der Waals surface area (Å²) in [5.41, 5.74) is 0. The zero-order valence-corrected chi connectivity index (χ0v) is 42.1. The Labute approximate surface area is 387 Å². The Morgan fingerprint density at radius 1 is 0.387 bits per heavy atom. The summed E-state index contributed by atoms with van der Waals surface area (Å²) >= 11 is 0. The Morgan fingerprint density at radius 3 is 0.984 bits per heavy atom. The van der Waals surface area contributed by atoms with Crippen LogP contribution in [0.2, 0.25) is 0 Å². The number of carbonyl (C=O) groups is 2. The average Bonchev–Trinajstić information content (AvgIpc) is 3.27. The van der Waals surface area contributed by atoms with Crippen LogP contribution in [0.5, 0.6) is 0 Å². The molecule has 6 heteroatoms. The molecule has 0 aliphatic heterocycles. The van der Waals surface area contributed by atoms with Crippen molar-refractivity contribution in [3.8, 4) is 0 Å². The molecule has 0 aromatic rings. The highest BCUT2D eigenvalue weighted by Gasteiger charge is 2.20. The molecule has 0 aromatic carbocycles. The van der Waals surface area contributed by atoms with Crippen LogP contribution >= 0.6 is 0 Å².